The molecule has 1 aromatic carbocycles. The number of nitrogens with zero attached hydrogens (tertiary/aromatic N) is 4. The number of H-pyrrole nitrogens is 1. The monoisotopic (exact) mass is 395 g/mol. The molecule has 1 saturated heterocycles. The first-order valence-corrected chi connectivity index (χ1v) is 10.0. The molecule has 1 saturated carbocycles. The molecular formula is C20H22ClN7. The standard InChI is InChI=1S/C20H22ClN7/c21-14-7-5-13(6-8-14)16-2-1-9-28(16)19-11-17(24-20(22)25-19)23-18-10-15(26-27-18)12-3-4-12/h5-8,10-12,16H,1-4,9H2,(H4,22,23,24,25,26,27). The molecule has 144 valence electrons. The summed E-state index contributed by atoms with van der Waals surface area (Å²) in [6.07, 6.45) is 4.63. The largest absolute Gasteiger partial charge is 0.368 e. The molecule has 5 rings (SSSR count). The third kappa shape index (κ3) is 3.49. The number of anilines is 4. The predicted octanol–water partition coefficient (Wildman–Crippen LogP) is 4.40. The Morgan fingerprint density at radius 1 is 1.07 bits per heavy atom. The van der Waals surface area contributed by atoms with E-state index in [4.69, 9.17) is 17.3 Å². The Morgan fingerprint density at radius 2 is 1.89 bits per heavy atom. The molecule has 8 heteroatoms. The fraction of sp³-hybridized carbons (Fsp3) is 0.350. The van der Waals surface area contributed by atoms with Crippen LogP contribution in [0, 0.1) is 0 Å². The Balaban J connectivity index is 1.40. The summed E-state index contributed by atoms with van der Waals surface area (Å²) in [5.41, 5.74) is 8.42. The van der Waals surface area contributed by atoms with Crippen molar-refractivity contribution in [3.63, 3.8) is 0 Å². The van der Waals surface area contributed by atoms with Crippen LogP contribution in [0.15, 0.2) is 36.4 Å². The zero-order chi connectivity index (χ0) is 19.1. The van der Waals surface area contributed by atoms with Gasteiger partial charge in [0, 0.05) is 35.3 Å². The molecule has 28 heavy (non-hydrogen) atoms. The van der Waals surface area contributed by atoms with Gasteiger partial charge >= 0.3 is 0 Å². The van der Waals surface area contributed by atoms with E-state index < -0.39 is 0 Å². The summed E-state index contributed by atoms with van der Waals surface area (Å²) in [7, 11) is 0. The minimum Gasteiger partial charge on any atom is -0.368 e. The SMILES string of the molecule is Nc1nc(Nc2cc(C3CC3)[nH]n2)cc(N2CCCC2c2ccc(Cl)cc2)n1. The van der Waals surface area contributed by atoms with Crippen LogP contribution in [-0.4, -0.2) is 26.7 Å². The number of nitrogens with two attached hydrogens (primary N) is 1. The normalized spacial score (nSPS) is 19.2. The number of halogens is 1. The van der Waals surface area contributed by atoms with E-state index in [1.807, 2.05) is 24.3 Å². The molecule has 7 nitrogen and oxygen atoms in total. The molecule has 0 bridgehead atoms. The van der Waals surface area contributed by atoms with E-state index in [2.05, 4.69) is 42.5 Å². The zero-order valence-electron chi connectivity index (χ0n) is 15.4. The first-order valence-electron chi connectivity index (χ1n) is 9.65. The Hall–Kier alpha value is -2.80. The van der Waals surface area contributed by atoms with E-state index in [9.17, 15) is 0 Å². The molecule has 0 radical (unpaired) electrons. The van der Waals surface area contributed by atoms with Gasteiger partial charge in [-0.1, -0.05) is 23.7 Å². The van der Waals surface area contributed by atoms with Crippen molar-refractivity contribution in [3.8, 4) is 0 Å². The van der Waals surface area contributed by atoms with Crippen LogP contribution < -0.4 is 16.0 Å². The van der Waals surface area contributed by atoms with E-state index in [0.29, 0.717) is 11.7 Å². The van der Waals surface area contributed by atoms with Gasteiger partial charge in [0.25, 0.3) is 0 Å². The van der Waals surface area contributed by atoms with Crippen LogP contribution in [-0.2, 0) is 0 Å². The molecule has 1 aliphatic carbocycles. The van der Waals surface area contributed by atoms with E-state index in [0.717, 1.165) is 36.0 Å². The van der Waals surface area contributed by atoms with Crippen LogP contribution in [0.3, 0.4) is 0 Å². The number of hydrogen-bond donors (Lipinski definition) is 3. The smallest absolute Gasteiger partial charge is 0.223 e. The number of nitrogens with one attached hydrogen (secondary N) is 2. The molecule has 2 aliphatic rings. The van der Waals surface area contributed by atoms with Crippen LogP contribution in [0.1, 0.15) is 48.9 Å². The average molecular weight is 396 g/mol. The highest BCUT2D eigenvalue weighted by Crippen LogP contribution is 2.40. The van der Waals surface area contributed by atoms with Crippen LogP contribution in [0.5, 0.6) is 0 Å². The van der Waals surface area contributed by atoms with Crippen LogP contribution in [0.4, 0.5) is 23.4 Å². The molecule has 0 spiro atoms. The molecule has 1 aliphatic heterocycles. The van der Waals surface area contributed by atoms with Gasteiger partial charge in [0.2, 0.25) is 5.95 Å². The van der Waals surface area contributed by atoms with E-state index >= 15 is 0 Å². The molecule has 4 N–H and O–H groups in total. The summed E-state index contributed by atoms with van der Waals surface area (Å²) in [5.74, 6) is 3.10. The summed E-state index contributed by atoms with van der Waals surface area (Å²) in [6.45, 7) is 0.928. The lowest BCUT2D eigenvalue weighted by Crippen LogP contribution is -2.24. The van der Waals surface area contributed by atoms with Gasteiger partial charge in [-0.15, -0.1) is 0 Å². The second-order valence-corrected chi connectivity index (χ2v) is 7.92. The first-order chi connectivity index (χ1) is 13.7. The second kappa shape index (κ2) is 6.98. The van der Waals surface area contributed by atoms with Gasteiger partial charge in [-0.05, 0) is 43.4 Å². The fourth-order valence-corrected chi connectivity index (χ4v) is 4.00. The first kappa shape index (κ1) is 17.3. The van der Waals surface area contributed by atoms with Crippen molar-refractivity contribution >= 4 is 35.0 Å². The van der Waals surface area contributed by atoms with Gasteiger partial charge < -0.3 is 16.0 Å². The van der Waals surface area contributed by atoms with Gasteiger partial charge in [-0.25, -0.2) is 0 Å². The van der Waals surface area contributed by atoms with E-state index in [1.165, 1.54) is 24.1 Å². The maximum atomic E-state index is 6.05. The average Bonchev–Trinajstić information content (AvgIpc) is 3.22. The summed E-state index contributed by atoms with van der Waals surface area (Å²) in [4.78, 5) is 11.1. The van der Waals surface area contributed by atoms with Crippen molar-refractivity contribution in [1.82, 2.24) is 20.2 Å². The van der Waals surface area contributed by atoms with Gasteiger partial charge in [0.15, 0.2) is 5.82 Å². The summed E-state index contributed by atoms with van der Waals surface area (Å²) in [6, 6.07) is 12.3. The quantitative estimate of drug-likeness (QED) is 0.592. The highest BCUT2D eigenvalue weighted by atomic mass is 35.5. The Bertz CT molecular complexity index is 980. The topological polar surface area (TPSA) is 95.7 Å². The summed E-state index contributed by atoms with van der Waals surface area (Å²) >= 11 is 6.05. The highest BCUT2D eigenvalue weighted by molar-refractivity contribution is 6.30. The van der Waals surface area contributed by atoms with Crippen molar-refractivity contribution < 1.29 is 0 Å². The Labute approximate surface area is 168 Å². The molecule has 1 atom stereocenters. The number of hydrogen-bond acceptors (Lipinski definition) is 6. The molecular weight excluding hydrogens is 374 g/mol. The number of rotatable bonds is 5. The van der Waals surface area contributed by atoms with Crippen molar-refractivity contribution in [2.45, 2.75) is 37.6 Å². The lowest BCUT2D eigenvalue weighted by Gasteiger charge is -2.26. The zero-order valence-corrected chi connectivity index (χ0v) is 16.2. The van der Waals surface area contributed by atoms with Crippen molar-refractivity contribution in [3.05, 3.63) is 52.7 Å². The number of aromatic amines is 1. The van der Waals surface area contributed by atoms with Gasteiger partial charge in [0.05, 0.1) is 6.04 Å². The van der Waals surface area contributed by atoms with Crippen LogP contribution in [0.2, 0.25) is 5.02 Å². The maximum absolute atomic E-state index is 6.05. The third-order valence-corrected chi connectivity index (χ3v) is 5.65. The minimum atomic E-state index is 0.250. The minimum absolute atomic E-state index is 0.250. The van der Waals surface area contributed by atoms with Crippen molar-refractivity contribution in [1.29, 1.82) is 0 Å². The molecule has 3 aromatic rings. The van der Waals surface area contributed by atoms with Gasteiger partial charge in [0.1, 0.15) is 11.6 Å². The Kier molecular flexibility index (Phi) is 4.31. The molecule has 0 amide bonds. The molecule has 2 fully saturated rings. The van der Waals surface area contributed by atoms with Crippen molar-refractivity contribution in [2.24, 2.45) is 0 Å². The maximum Gasteiger partial charge on any atom is 0.223 e. The number of aromatic nitrogens is 4. The Morgan fingerprint density at radius 3 is 2.68 bits per heavy atom. The second-order valence-electron chi connectivity index (χ2n) is 7.48. The third-order valence-electron chi connectivity index (χ3n) is 5.40. The van der Waals surface area contributed by atoms with Crippen molar-refractivity contribution in [2.75, 3.05) is 22.5 Å². The molecule has 2 aromatic heterocycles. The summed E-state index contributed by atoms with van der Waals surface area (Å²) in [5, 5.41) is 11.4. The number of nitrogen functional groups attached to an aromatic ring is 1. The fourth-order valence-electron chi connectivity index (χ4n) is 3.87. The summed E-state index contributed by atoms with van der Waals surface area (Å²) < 4.78 is 0. The van der Waals surface area contributed by atoms with E-state index in [-0.39, 0.29) is 12.0 Å². The van der Waals surface area contributed by atoms with Gasteiger partial charge in [-0.2, -0.15) is 15.1 Å². The lowest BCUT2D eigenvalue weighted by molar-refractivity contribution is 0.711. The number of benzene rings is 1. The lowest BCUT2D eigenvalue weighted by atomic mass is 10.0. The molecule has 3 heterocycles. The van der Waals surface area contributed by atoms with Crippen LogP contribution >= 0.6 is 11.6 Å². The van der Waals surface area contributed by atoms with Crippen LogP contribution in [0.25, 0.3) is 0 Å². The van der Waals surface area contributed by atoms with Gasteiger partial charge in [-0.3, -0.25) is 5.10 Å². The predicted molar refractivity (Wildman–Crippen MR) is 111 cm³/mol. The molecule has 1 unspecified atom stereocenters. The van der Waals surface area contributed by atoms with E-state index in [1.54, 1.807) is 0 Å². The highest BCUT2D eigenvalue weighted by Gasteiger charge is 2.28.